The summed E-state index contributed by atoms with van der Waals surface area (Å²) in [5.74, 6) is 0. The number of anilines is 1. The maximum absolute atomic E-state index is 13.0. The van der Waals surface area contributed by atoms with Crippen LogP contribution in [0.5, 0.6) is 0 Å². The Morgan fingerprint density at radius 2 is 1.86 bits per heavy atom. The molecule has 118 valence electrons. The molecule has 1 aliphatic rings. The summed E-state index contributed by atoms with van der Waals surface area (Å²) in [5, 5.41) is 0.165. The van der Waals surface area contributed by atoms with Gasteiger partial charge in [0.1, 0.15) is 4.90 Å². The van der Waals surface area contributed by atoms with Crippen LogP contribution in [-0.2, 0) is 10.0 Å². The van der Waals surface area contributed by atoms with Gasteiger partial charge in [0, 0.05) is 18.3 Å². The van der Waals surface area contributed by atoms with E-state index in [1.165, 1.54) is 12.1 Å². The minimum absolute atomic E-state index is 0.00202. The van der Waals surface area contributed by atoms with Crippen LogP contribution in [0.4, 0.5) is 5.69 Å². The fraction of sp³-hybridized carbons (Fsp3) is 0.571. The van der Waals surface area contributed by atoms with Crippen LogP contribution in [0.3, 0.4) is 0 Å². The zero-order valence-corrected chi connectivity index (χ0v) is 14.3. The van der Waals surface area contributed by atoms with Gasteiger partial charge >= 0.3 is 0 Å². The molecular formula is C14H20Cl2N2O2S. The normalized spacial score (nSPS) is 21.2. The molecule has 0 bridgehead atoms. The number of sulfonamides is 1. The highest BCUT2D eigenvalue weighted by Gasteiger charge is 2.34. The van der Waals surface area contributed by atoms with Crippen molar-refractivity contribution < 1.29 is 8.42 Å². The zero-order chi connectivity index (χ0) is 15.6. The second-order valence-corrected chi connectivity index (χ2v) is 7.98. The second kappa shape index (κ2) is 6.73. The number of halogens is 2. The molecule has 0 amide bonds. The van der Waals surface area contributed by atoms with Crippen molar-refractivity contribution in [1.82, 2.24) is 4.31 Å². The third-order valence-electron chi connectivity index (χ3n) is 3.88. The van der Waals surface area contributed by atoms with Crippen LogP contribution in [0.15, 0.2) is 17.0 Å². The first-order valence-electron chi connectivity index (χ1n) is 7.14. The van der Waals surface area contributed by atoms with Crippen LogP contribution in [0.25, 0.3) is 0 Å². The van der Waals surface area contributed by atoms with E-state index in [0.717, 1.165) is 32.1 Å². The smallest absolute Gasteiger partial charge is 0.246 e. The van der Waals surface area contributed by atoms with Crippen LogP contribution < -0.4 is 5.73 Å². The Kier molecular flexibility index (Phi) is 5.41. The third kappa shape index (κ3) is 3.47. The van der Waals surface area contributed by atoms with Gasteiger partial charge in [0.2, 0.25) is 10.0 Å². The summed E-state index contributed by atoms with van der Waals surface area (Å²) < 4.78 is 27.5. The van der Waals surface area contributed by atoms with Crippen molar-refractivity contribution in [2.75, 3.05) is 12.3 Å². The highest BCUT2D eigenvalue weighted by molar-refractivity contribution is 7.89. The number of nitrogens with zero attached hydrogens (tertiary/aromatic N) is 1. The molecule has 1 aromatic carbocycles. The Balaban J connectivity index is 2.50. The van der Waals surface area contributed by atoms with Crippen LogP contribution in [0.1, 0.15) is 39.0 Å². The van der Waals surface area contributed by atoms with Crippen molar-refractivity contribution in [2.45, 2.75) is 50.0 Å². The first-order valence-corrected chi connectivity index (χ1v) is 9.34. The maximum atomic E-state index is 13.0. The molecule has 0 spiro atoms. The van der Waals surface area contributed by atoms with Crippen molar-refractivity contribution in [3.8, 4) is 0 Å². The molecule has 7 heteroatoms. The molecule has 21 heavy (non-hydrogen) atoms. The zero-order valence-electron chi connectivity index (χ0n) is 12.0. The van der Waals surface area contributed by atoms with Gasteiger partial charge in [0.05, 0.1) is 10.0 Å². The Bertz CT molecular complexity index is 596. The topological polar surface area (TPSA) is 63.4 Å². The minimum atomic E-state index is -3.71. The van der Waals surface area contributed by atoms with Gasteiger partial charge in [0.15, 0.2) is 0 Å². The summed E-state index contributed by atoms with van der Waals surface area (Å²) in [4.78, 5) is -0.0274. The first-order chi connectivity index (χ1) is 9.87. The van der Waals surface area contributed by atoms with Crippen molar-refractivity contribution in [3.05, 3.63) is 22.2 Å². The molecule has 0 aromatic heterocycles. The van der Waals surface area contributed by atoms with E-state index in [2.05, 4.69) is 0 Å². The van der Waals surface area contributed by atoms with Crippen LogP contribution in [0, 0.1) is 0 Å². The van der Waals surface area contributed by atoms with Gasteiger partial charge in [-0.2, -0.15) is 4.31 Å². The molecule has 2 rings (SSSR count). The van der Waals surface area contributed by atoms with Crippen molar-refractivity contribution in [1.29, 1.82) is 0 Å². The molecule has 1 atom stereocenters. The highest BCUT2D eigenvalue weighted by atomic mass is 35.5. The number of rotatable bonds is 3. The quantitative estimate of drug-likeness (QED) is 0.840. The van der Waals surface area contributed by atoms with Crippen molar-refractivity contribution in [3.63, 3.8) is 0 Å². The average molecular weight is 351 g/mol. The molecule has 1 aromatic rings. The van der Waals surface area contributed by atoms with Gasteiger partial charge in [-0.05, 0) is 31.4 Å². The van der Waals surface area contributed by atoms with E-state index in [0.29, 0.717) is 12.2 Å². The van der Waals surface area contributed by atoms with E-state index in [-0.39, 0.29) is 21.0 Å². The number of hydrogen-bond acceptors (Lipinski definition) is 3. The summed E-state index contributed by atoms with van der Waals surface area (Å²) >= 11 is 12.2. The van der Waals surface area contributed by atoms with Gasteiger partial charge in [0.25, 0.3) is 0 Å². The number of hydrogen-bond donors (Lipinski definition) is 1. The standard InChI is InChI=1S/C14H20Cl2N2O2S/c1-2-11-6-4-3-5-7-18(11)21(19,20)14-12(15)8-10(17)9-13(14)16/h8-9,11H,2-7,17H2,1H3. The molecule has 1 saturated heterocycles. The van der Waals surface area contributed by atoms with E-state index in [1.54, 1.807) is 4.31 Å². The Hall–Kier alpha value is -0.490. The molecular weight excluding hydrogens is 331 g/mol. The van der Waals surface area contributed by atoms with Crippen LogP contribution in [-0.4, -0.2) is 25.3 Å². The molecule has 1 aliphatic heterocycles. The van der Waals surface area contributed by atoms with Gasteiger partial charge in [-0.1, -0.05) is 43.0 Å². The van der Waals surface area contributed by atoms with Gasteiger partial charge in [-0.15, -0.1) is 0 Å². The fourth-order valence-electron chi connectivity index (χ4n) is 2.82. The van der Waals surface area contributed by atoms with E-state index >= 15 is 0 Å². The predicted octanol–water partition coefficient (Wildman–Crippen LogP) is 3.92. The lowest BCUT2D eigenvalue weighted by molar-refractivity contribution is 0.315. The largest absolute Gasteiger partial charge is 0.399 e. The average Bonchev–Trinajstić information content (AvgIpc) is 2.62. The maximum Gasteiger partial charge on any atom is 0.246 e. The SMILES string of the molecule is CCC1CCCCCN1S(=O)(=O)c1c(Cl)cc(N)cc1Cl. The molecule has 1 heterocycles. The fourth-order valence-corrected chi connectivity index (χ4v) is 5.77. The van der Waals surface area contributed by atoms with Crippen LogP contribution in [0.2, 0.25) is 10.0 Å². The van der Waals surface area contributed by atoms with E-state index in [1.807, 2.05) is 6.92 Å². The minimum Gasteiger partial charge on any atom is -0.399 e. The Morgan fingerprint density at radius 3 is 2.43 bits per heavy atom. The molecule has 2 N–H and O–H groups in total. The monoisotopic (exact) mass is 350 g/mol. The highest BCUT2D eigenvalue weighted by Crippen LogP contribution is 2.36. The molecule has 1 fully saturated rings. The molecule has 0 radical (unpaired) electrons. The number of nitrogen functional groups attached to an aromatic ring is 1. The van der Waals surface area contributed by atoms with Gasteiger partial charge < -0.3 is 5.73 Å². The summed E-state index contributed by atoms with van der Waals surface area (Å²) in [5.41, 5.74) is 6.00. The van der Waals surface area contributed by atoms with Gasteiger partial charge in [-0.3, -0.25) is 0 Å². The summed E-state index contributed by atoms with van der Waals surface area (Å²) in [6, 6.07) is 2.86. The third-order valence-corrected chi connectivity index (χ3v) is 6.76. The lowest BCUT2D eigenvalue weighted by atomic mass is 10.1. The first kappa shape index (κ1) is 16.9. The van der Waals surface area contributed by atoms with E-state index in [9.17, 15) is 8.42 Å². The predicted molar refractivity (Wildman–Crippen MR) is 87.3 cm³/mol. The lowest BCUT2D eigenvalue weighted by Gasteiger charge is -2.29. The second-order valence-electron chi connectivity index (χ2n) is 5.34. The molecule has 0 aliphatic carbocycles. The molecule has 1 unspecified atom stereocenters. The number of benzene rings is 1. The van der Waals surface area contributed by atoms with Crippen molar-refractivity contribution >= 4 is 38.9 Å². The summed E-state index contributed by atoms with van der Waals surface area (Å²) in [6.45, 7) is 2.52. The van der Waals surface area contributed by atoms with Gasteiger partial charge in [-0.25, -0.2) is 8.42 Å². The van der Waals surface area contributed by atoms with E-state index in [4.69, 9.17) is 28.9 Å². The summed E-state index contributed by atoms with van der Waals surface area (Å²) in [7, 11) is -3.71. The van der Waals surface area contributed by atoms with E-state index < -0.39 is 10.0 Å². The Morgan fingerprint density at radius 1 is 1.24 bits per heavy atom. The Labute approximate surface area is 136 Å². The van der Waals surface area contributed by atoms with Crippen molar-refractivity contribution in [2.24, 2.45) is 0 Å². The van der Waals surface area contributed by atoms with Crippen LogP contribution >= 0.6 is 23.2 Å². The molecule has 4 nitrogen and oxygen atoms in total. The molecule has 0 saturated carbocycles. The lowest BCUT2D eigenvalue weighted by Crippen LogP contribution is -2.39. The summed E-state index contributed by atoms with van der Waals surface area (Å²) in [6.07, 6.45) is 4.61. The number of nitrogens with two attached hydrogens (primary N) is 1.